The minimum atomic E-state index is -0.205. The first-order chi connectivity index (χ1) is 7.99. The highest BCUT2D eigenvalue weighted by Gasteiger charge is 2.06. The third-order valence-electron chi connectivity index (χ3n) is 2.61. The Morgan fingerprint density at radius 3 is 2.47 bits per heavy atom. The average molecular weight is 236 g/mol. The summed E-state index contributed by atoms with van der Waals surface area (Å²) in [5.74, 6) is 0. The van der Waals surface area contributed by atoms with E-state index in [4.69, 9.17) is 5.73 Å². The largest absolute Gasteiger partial charge is 0.399 e. The van der Waals surface area contributed by atoms with Gasteiger partial charge in [-0.2, -0.15) is 0 Å². The van der Waals surface area contributed by atoms with Crippen molar-refractivity contribution in [3.63, 3.8) is 0 Å². The van der Waals surface area contributed by atoms with Crippen molar-refractivity contribution >= 4 is 17.4 Å². The van der Waals surface area contributed by atoms with Gasteiger partial charge in [0.25, 0.3) is 0 Å². The van der Waals surface area contributed by atoms with Crippen LogP contribution in [0.1, 0.15) is 6.92 Å². The Morgan fingerprint density at radius 2 is 1.94 bits per heavy atom. The third-order valence-corrected chi connectivity index (χ3v) is 2.61. The number of nitrogens with zero attached hydrogens (tertiary/aromatic N) is 1. The fourth-order valence-corrected chi connectivity index (χ4v) is 1.16. The molecule has 0 aromatic heterocycles. The van der Waals surface area contributed by atoms with Gasteiger partial charge in [-0.1, -0.05) is 0 Å². The summed E-state index contributed by atoms with van der Waals surface area (Å²) < 4.78 is 0. The zero-order chi connectivity index (χ0) is 12.8. The molecule has 1 aromatic carbocycles. The zero-order valence-electron chi connectivity index (χ0n) is 10.5. The van der Waals surface area contributed by atoms with Crippen LogP contribution in [0.3, 0.4) is 0 Å². The van der Waals surface area contributed by atoms with Gasteiger partial charge < -0.3 is 21.3 Å². The van der Waals surface area contributed by atoms with E-state index in [0.717, 1.165) is 5.69 Å². The van der Waals surface area contributed by atoms with Crippen molar-refractivity contribution < 1.29 is 4.79 Å². The predicted octanol–water partition coefficient (Wildman–Crippen LogP) is 1.34. The summed E-state index contributed by atoms with van der Waals surface area (Å²) in [6.45, 7) is 2.65. The fraction of sp³-hybridized carbons (Fsp3) is 0.417. The van der Waals surface area contributed by atoms with Crippen LogP contribution >= 0.6 is 0 Å². The monoisotopic (exact) mass is 236 g/mol. The number of nitrogens with two attached hydrogens (primary N) is 1. The quantitative estimate of drug-likeness (QED) is 0.691. The van der Waals surface area contributed by atoms with Gasteiger partial charge in [-0.15, -0.1) is 0 Å². The molecule has 4 N–H and O–H groups in total. The van der Waals surface area contributed by atoms with E-state index in [2.05, 4.69) is 10.6 Å². The summed E-state index contributed by atoms with van der Waals surface area (Å²) in [4.78, 5) is 13.6. The second-order valence-electron chi connectivity index (χ2n) is 4.27. The lowest BCUT2D eigenvalue weighted by Crippen LogP contribution is -2.40. The van der Waals surface area contributed by atoms with E-state index in [1.54, 1.807) is 24.3 Å². The number of hydrogen-bond acceptors (Lipinski definition) is 3. The van der Waals surface area contributed by atoms with Crippen LogP contribution < -0.4 is 16.4 Å². The molecule has 94 valence electrons. The number of benzene rings is 1. The molecule has 5 nitrogen and oxygen atoms in total. The van der Waals surface area contributed by atoms with Crippen molar-refractivity contribution in [3.05, 3.63) is 24.3 Å². The molecule has 0 heterocycles. The van der Waals surface area contributed by atoms with E-state index < -0.39 is 0 Å². The number of amides is 2. The van der Waals surface area contributed by atoms with Gasteiger partial charge in [0.15, 0.2) is 0 Å². The summed E-state index contributed by atoms with van der Waals surface area (Å²) in [7, 11) is 3.95. The molecule has 1 unspecified atom stereocenters. The van der Waals surface area contributed by atoms with Gasteiger partial charge in [-0.3, -0.25) is 0 Å². The van der Waals surface area contributed by atoms with Crippen LogP contribution in [0.5, 0.6) is 0 Å². The van der Waals surface area contributed by atoms with Crippen LogP contribution in [-0.2, 0) is 0 Å². The minimum Gasteiger partial charge on any atom is -0.399 e. The van der Waals surface area contributed by atoms with Crippen molar-refractivity contribution in [1.29, 1.82) is 0 Å². The lowest BCUT2D eigenvalue weighted by atomic mass is 10.3. The zero-order valence-corrected chi connectivity index (χ0v) is 10.5. The Kier molecular flexibility index (Phi) is 4.78. The Hall–Kier alpha value is -1.75. The van der Waals surface area contributed by atoms with Crippen molar-refractivity contribution in [3.8, 4) is 0 Å². The first-order valence-corrected chi connectivity index (χ1v) is 5.56. The maximum Gasteiger partial charge on any atom is 0.319 e. The normalized spacial score (nSPS) is 12.2. The molecule has 0 aliphatic heterocycles. The number of likely N-dealkylation sites (N-methyl/N-ethyl adjacent to an activating group) is 1. The summed E-state index contributed by atoms with van der Waals surface area (Å²) in [5, 5.41) is 5.54. The number of nitrogens with one attached hydrogen (secondary N) is 2. The molecule has 5 heteroatoms. The van der Waals surface area contributed by atoms with Crippen molar-refractivity contribution in [2.75, 3.05) is 31.7 Å². The van der Waals surface area contributed by atoms with Gasteiger partial charge in [0, 0.05) is 24.0 Å². The Balaban J connectivity index is 2.37. The first-order valence-electron chi connectivity index (χ1n) is 5.56. The average Bonchev–Trinajstić information content (AvgIpc) is 2.29. The molecular formula is C12H20N4O. The Bertz CT molecular complexity index is 361. The molecule has 0 bridgehead atoms. The number of urea groups is 1. The molecule has 0 radical (unpaired) electrons. The SMILES string of the molecule is CC(CNC(=O)Nc1ccc(N)cc1)N(C)C. The van der Waals surface area contributed by atoms with Crippen LogP contribution in [0.25, 0.3) is 0 Å². The van der Waals surface area contributed by atoms with Gasteiger partial charge in [-0.05, 0) is 45.3 Å². The van der Waals surface area contributed by atoms with Crippen molar-refractivity contribution in [2.24, 2.45) is 0 Å². The molecule has 0 spiro atoms. The van der Waals surface area contributed by atoms with Crippen LogP contribution in [-0.4, -0.2) is 37.6 Å². The number of carbonyl (C=O) groups excluding carboxylic acids is 1. The van der Waals surface area contributed by atoms with E-state index in [-0.39, 0.29) is 6.03 Å². The second-order valence-corrected chi connectivity index (χ2v) is 4.27. The maximum absolute atomic E-state index is 11.6. The highest BCUT2D eigenvalue weighted by Crippen LogP contribution is 2.09. The van der Waals surface area contributed by atoms with Gasteiger partial charge in [-0.25, -0.2) is 4.79 Å². The van der Waals surface area contributed by atoms with E-state index >= 15 is 0 Å². The molecule has 1 atom stereocenters. The van der Waals surface area contributed by atoms with E-state index in [1.165, 1.54) is 0 Å². The number of carbonyl (C=O) groups is 1. The molecule has 0 aliphatic carbocycles. The number of rotatable bonds is 4. The van der Waals surface area contributed by atoms with Crippen LogP contribution in [0.15, 0.2) is 24.3 Å². The molecule has 0 aliphatic rings. The van der Waals surface area contributed by atoms with Gasteiger partial charge >= 0.3 is 6.03 Å². The topological polar surface area (TPSA) is 70.4 Å². The van der Waals surface area contributed by atoms with Crippen LogP contribution in [0.4, 0.5) is 16.2 Å². The smallest absolute Gasteiger partial charge is 0.319 e. The Labute approximate surface area is 102 Å². The maximum atomic E-state index is 11.6. The fourth-order valence-electron chi connectivity index (χ4n) is 1.16. The summed E-state index contributed by atoms with van der Waals surface area (Å²) in [6, 6.07) is 7.13. The molecule has 2 amide bonds. The number of anilines is 2. The van der Waals surface area contributed by atoms with Crippen molar-refractivity contribution in [2.45, 2.75) is 13.0 Å². The Morgan fingerprint density at radius 1 is 1.35 bits per heavy atom. The van der Waals surface area contributed by atoms with E-state index in [9.17, 15) is 4.79 Å². The molecule has 0 fully saturated rings. The highest BCUT2D eigenvalue weighted by molar-refractivity contribution is 5.89. The van der Waals surface area contributed by atoms with Gasteiger partial charge in [0.1, 0.15) is 0 Å². The minimum absolute atomic E-state index is 0.205. The van der Waals surface area contributed by atoms with Gasteiger partial charge in [0.05, 0.1) is 0 Å². The second kappa shape index (κ2) is 6.10. The number of hydrogen-bond donors (Lipinski definition) is 3. The molecule has 17 heavy (non-hydrogen) atoms. The van der Waals surface area contributed by atoms with Crippen LogP contribution in [0, 0.1) is 0 Å². The van der Waals surface area contributed by atoms with Gasteiger partial charge in [0.2, 0.25) is 0 Å². The molecular weight excluding hydrogens is 216 g/mol. The van der Waals surface area contributed by atoms with Crippen molar-refractivity contribution in [1.82, 2.24) is 10.2 Å². The lowest BCUT2D eigenvalue weighted by Gasteiger charge is -2.20. The third kappa shape index (κ3) is 4.74. The standard InChI is InChI=1S/C12H20N4O/c1-9(16(2)3)8-14-12(17)15-11-6-4-10(13)5-7-11/h4-7,9H,8,13H2,1-3H3,(H2,14,15,17). The molecule has 0 saturated carbocycles. The first kappa shape index (κ1) is 13.3. The highest BCUT2D eigenvalue weighted by atomic mass is 16.2. The molecule has 0 saturated heterocycles. The lowest BCUT2D eigenvalue weighted by molar-refractivity contribution is 0.245. The van der Waals surface area contributed by atoms with Crippen LogP contribution in [0.2, 0.25) is 0 Å². The van der Waals surface area contributed by atoms with E-state index in [0.29, 0.717) is 18.3 Å². The van der Waals surface area contributed by atoms with E-state index in [1.807, 2.05) is 25.9 Å². The molecule has 1 aromatic rings. The number of nitrogen functional groups attached to an aromatic ring is 1. The predicted molar refractivity (Wildman–Crippen MR) is 71.0 cm³/mol. The molecule has 1 rings (SSSR count). The summed E-state index contributed by atoms with van der Waals surface area (Å²) >= 11 is 0. The summed E-state index contributed by atoms with van der Waals surface area (Å²) in [6.07, 6.45) is 0. The summed E-state index contributed by atoms with van der Waals surface area (Å²) in [5.41, 5.74) is 6.96.